The molecule has 0 amide bonds. The standard InChI is InChI=1S/C12H16Cl2N2.C6H12.C2Cl2N4/c1-3-5-6-7-8-10-9(4-2)11(13)15-16-12(10)14;1-3-5-6-4-2;3-1-5-7-2(4)8-6-1/h5-6H,3-4,7-8H2,1-2H3;5-6H,3-4H2,1-2H3;/b2*6-5-;. The summed E-state index contributed by atoms with van der Waals surface area (Å²) in [6, 6.07) is 0. The molecule has 166 valence electrons. The molecule has 0 aliphatic carbocycles. The molecule has 0 fully saturated rings. The molecular weight excluding hydrogens is 466 g/mol. The molecule has 0 unspecified atom stereocenters. The Morgan fingerprint density at radius 1 is 0.567 bits per heavy atom. The molecule has 6 nitrogen and oxygen atoms in total. The van der Waals surface area contributed by atoms with E-state index in [9.17, 15) is 0 Å². The highest BCUT2D eigenvalue weighted by Gasteiger charge is 2.11. The van der Waals surface area contributed by atoms with E-state index in [1.807, 2.05) is 6.92 Å². The molecule has 10 heteroatoms. The molecule has 0 saturated carbocycles. The molecule has 0 spiro atoms. The third-order valence-corrected chi connectivity index (χ3v) is 4.38. The van der Waals surface area contributed by atoms with Gasteiger partial charge in [-0.2, -0.15) is 0 Å². The topological polar surface area (TPSA) is 77.3 Å². The predicted octanol–water partition coefficient (Wildman–Crippen LogP) is 7.18. The van der Waals surface area contributed by atoms with E-state index in [1.165, 1.54) is 12.8 Å². The van der Waals surface area contributed by atoms with E-state index in [2.05, 4.69) is 75.7 Å². The third-order valence-electron chi connectivity index (χ3n) is 3.47. The van der Waals surface area contributed by atoms with Crippen molar-refractivity contribution in [3.8, 4) is 0 Å². The molecule has 0 N–H and O–H groups in total. The quantitative estimate of drug-likeness (QED) is 0.380. The van der Waals surface area contributed by atoms with Crippen LogP contribution >= 0.6 is 46.4 Å². The van der Waals surface area contributed by atoms with Crippen LogP contribution in [0.2, 0.25) is 20.9 Å². The second-order valence-electron chi connectivity index (χ2n) is 5.74. The highest BCUT2D eigenvalue weighted by Crippen LogP contribution is 2.24. The Hall–Kier alpha value is -1.34. The maximum absolute atomic E-state index is 6.04. The lowest BCUT2D eigenvalue weighted by atomic mass is 10.0. The van der Waals surface area contributed by atoms with Crippen molar-refractivity contribution in [1.29, 1.82) is 0 Å². The number of nitrogens with zero attached hydrogens (tertiary/aromatic N) is 6. The van der Waals surface area contributed by atoms with E-state index in [1.54, 1.807) is 0 Å². The van der Waals surface area contributed by atoms with Gasteiger partial charge in [0, 0.05) is 0 Å². The second kappa shape index (κ2) is 18.4. The summed E-state index contributed by atoms with van der Waals surface area (Å²) in [7, 11) is 0. The van der Waals surface area contributed by atoms with Crippen LogP contribution in [0.5, 0.6) is 0 Å². The summed E-state index contributed by atoms with van der Waals surface area (Å²) in [4.78, 5) is 0. The molecule has 0 aliphatic heterocycles. The Morgan fingerprint density at radius 3 is 1.37 bits per heavy atom. The zero-order valence-corrected chi connectivity index (χ0v) is 20.8. The second-order valence-corrected chi connectivity index (χ2v) is 7.13. The van der Waals surface area contributed by atoms with Gasteiger partial charge in [-0.05, 0) is 72.9 Å². The van der Waals surface area contributed by atoms with Gasteiger partial charge in [-0.15, -0.1) is 30.6 Å². The summed E-state index contributed by atoms with van der Waals surface area (Å²) < 4.78 is 0. The van der Waals surface area contributed by atoms with E-state index in [-0.39, 0.29) is 10.6 Å². The predicted molar refractivity (Wildman–Crippen MR) is 127 cm³/mol. The van der Waals surface area contributed by atoms with Gasteiger partial charge in [0.25, 0.3) is 10.6 Å². The molecule has 0 aliphatic rings. The van der Waals surface area contributed by atoms with Crippen molar-refractivity contribution in [3.63, 3.8) is 0 Å². The van der Waals surface area contributed by atoms with Gasteiger partial charge >= 0.3 is 0 Å². The number of hydrogen-bond acceptors (Lipinski definition) is 6. The largest absolute Gasteiger partial charge is 0.263 e. The summed E-state index contributed by atoms with van der Waals surface area (Å²) in [5.74, 6) is 0. The van der Waals surface area contributed by atoms with Gasteiger partial charge < -0.3 is 0 Å². The Kier molecular flexibility index (Phi) is 17.6. The van der Waals surface area contributed by atoms with Crippen molar-refractivity contribution >= 4 is 46.4 Å². The van der Waals surface area contributed by atoms with Crippen LogP contribution in [-0.4, -0.2) is 30.6 Å². The molecule has 2 aromatic rings. The van der Waals surface area contributed by atoms with Crippen molar-refractivity contribution in [2.24, 2.45) is 0 Å². The molecule has 0 saturated heterocycles. The van der Waals surface area contributed by atoms with E-state index in [0.29, 0.717) is 10.3 Å². The minimum atomic E-state index is -0.00519. The summed E-state index contributed by atoms with van der Waals surface area (Å²) in [5, 5.41) is 21.8. The van der Waals surface area contributed by atoms with Crippen molar-refractivity contribution in [2.75, 3.05) is 0 Å². The van der Waals surface area contributed by atoms with Crippen LogP contribution in [0.15, 0.2) is 24.3 Å². The van der Waals surface area contributed by atoms with Gasteiger partial charge in [-0.1, -0.05) is 75.2 Å². The lowest BCUT2D eigenvalue weighted by Gasteiger charge is -2.08. The van der Waals surface area contributed by atoms with Crippen molar-refractivity contribution in [2.45, 2.75) is 66.2 Å². The molecule has 30 heavy (non-hydrogen) atoms. The maximum atomic E-state index is 6.04. The summed E-state index contributed by atoms with van der Waals surface area (Å²) >= 11 is 22.4. The molecule has 0 aromatic carbocycles. The first-order chi connectivity index (χ1) is 14.4. The Bertz CT molecular complexity index is 740. The van der Waals surface area contributed by atoms with Crippen LogP contribution in [0.3, 0.4) is 0 Å². The smallest absolute Gasteiger partial charge is 0.137 e. The fourth-order valence-electron chi connectivity index (χ4n) is 2.12. The van der Waals surface area contributed by atoms with Gasteiger partial charge in [0.2, 0.25) is 0 Å². The normalized spacial score (nSPS) is 10.5. The van der Waals surface area contributed by atoms with Crippen LogP contribution in [0.1, 0.15) is 64.5 Å². The van der Waals surface area contributed by atoms with Crippen molar-refractivity contribution < 1.29 is 0 Å². The van der Waals surface area contributed by atoms with Crippen LogP contribution in [0, 0.1) is 0 Å². The average Bonchev–Trinajstić information content (AvgIpc) is 2.75. The highest BCUT2D eigenvalue weighted by molar-refractivity contribution is 6.32. The number of allylic oxidation sites excluding steroid dienone is 4. The maximum Gasteiger partial charge on any atom is 0.263 e. The van der Waals surface area contributed by atoms with Gasteiger partial charge in [-0.25, -0.2) is 0 Å². The number of aromatic nitrogens is 6. The minimum absolute atomic E-state index is 0.00519. The number of halogens is 4. The summed E-state index contributed by atoms with van der Waals surface area (Å²) in [6.07, 6.45) is 14.7. The SMILES string of the molecule is CC/C=C\CC.CC/C=C\CCc1c(Cl)nnc(Cl)c1CC.Clc1nnc(Cl)nn1. The molecule has 2 aromatic heterocycles. The monoisotopic (exact) mass is 492 g/mol. The van der Waals surface area contributed by atoms with Gasteiger partial charge in [0.1, 0.15) is 0 Å². The van der Waals surface area contributed by atoms with Crippen LogP contribution in [-0.2, 0) is 12.8 Å². The van der Waals surface area contributed by atoms with Gasteiger partial charge in [0.15, 0.2) is 10.3 Å². The molecule has 2 heterocycles. The Balaban J connectivity index is 0.000000497. The van der Waals surface area contributed by atoms with Gasteiger partial charge in [-0.3, -0.25) is 0 Å². The van der Waals surface area contributed by atoms with Crippen LogP contribution in [0.25, 0.3) is 0 Å². The van der Waals surface area contributed by atoms with Crippen molar-refractivity contribution in [1.82, 2.24) is 30.6 Å². The fourth-order valence-corrected chi connectivity index (χ4v) is 2.80. The number of hydrogen-bond donors (Lipinski definition) is 0. The molecule has 0 radical (unpaired) electrons. The summed E-state index contributed by atoms with van der Waals surface area (Å²) in [6.45, 7) is 8.45. The minimum Gasteiger partial charge on any atom is -0.137 e. The van der Waals surface area contributed by atoms with Crippen LogP contribution in [0.4, 0.5) is 0 Å². The number of rotatable bonds is 7. The van der Waals surface area contributed by atoms with Gasteiger partial charge in [0.05, 0.1) is 0 Å². The fraction of sp³-hybridized carbons (Fsp3) is 0.500. The van der Waals surface area contributed by atoms with E-state index < -0.39 is 0 Å². The summed E-state index contributed by atoms with van der Waals surface area (Å²) in [5.41, 5.74) is 2.05. The highest BCUT2D eigenvalue weighted by atomic mass is 35.5. The molecular formula is C20H28Cl4N6. The lowest BCUT2D eigenvalue weighted by molar-refractivity contribution is 0.855. The Morgan fingerprint density at radius 2 is 0.967 bits per heavy atom. The van der Waals surface area contributed by atoms with E-state index >= 15 is 0 Å². The average molecular weight is 494 g/mol. The van der Waals surface area contributed by atoms with Crippen LogP contribution < -0.4 is 0 Å². The first-order valence-electron chi connectivity index (χ1n) is 9.78. The van der Waals surface area contributed by atoms with Crippen molar-refractivity contribution in [3.05, 3.63) is 56.3 Å². The third kappa shape index (κ3) is 13.1. The zero-order valence-electron chi connectivity index (χ0n) is 17.7. The Labute approximate surface area is 199 Å². The first-order valence-corrected chi connectivity index (χ1v) is 11.3. The first kappa shape index (κ1) is 28.7. The molecule has 0 atom stereocenters. The van der Waals surface area contributed by atoms with E-state index in [0.717, 1.165) is 36.8 Å². The zero-order chi connectivity index (χ0) is 22.8. The lowest BCUT2D eigenvalue weighted by Crippen LogP contribution is -2.00. The van der Waals surface area contributed by atoms with E-state index in [4.69, 9.17) is 46.4 Å². The molecule has 0 bridgehead atoms. The molecule has 2 rings (SSSR count).